The number of carbonyl (C=O) groups is 11. The highest BCUT2D eigenvalue weighted by Gasteiger charge is 2.35. The number of nitrogens with two attached hydrogens (primary N) is 3. The Morgan fingerprint density at radius 2 is 1.54 bits per heavy atom. The van der Waals surface area contributed by atoms with Gasteiger partial charge in [0.05, 0.1) is 38.4 Å². The zero-order chi connectivity index (χ0) is 51.4. The summed E-state index contributed by atoms with van der Waals surface area (Å²) in [6.45, 7) is 5.76. The number of aromatic nitrogens is 2. The fraction of sp³-hybridized carbons (Fsp3) is 0.488. The molecule has 0 bridgehead atoms. The molecule has 26 nitrogen and oxygen atoms in total. The van der Waals surface area contributed by atoms with Crippen molar-refractivity contribution in [1.82, 2.24) is 57.4 Å². The first-order chi connectivity index (χ1) is 32.6. The Kier molecular flexibility index (Phi) is 21.6. The smallest absolute Gasteiger partial charge is 0.245 e. The molecule has 0 radical (unpaired) electrons. The number of aromatic hydroxyl groups is 1. The molecule has 3 rings (SSSR count). The number of nitrogens with zero attached hydrogens (tertiary/aromatic N) is 2. The number of imidazole rings is 1. The topological polar surface area (TPSA) is 414 Å². The number of benzene rings is 1. The minimum Gasteiger partial charge on any atom is -0.508 e. The lowest BCUT2D eigenvalue weighted by Crippen LogP contribution is -2.60. The average molecular weight is 967 g/mol. The Labute approximate surface area is 396 Å². The van der Waals surface area contributed by atoms with Crippen molar-refractivity contribution in [3.05, 3.63) is 60.3 Å². The Hall–Kier alpha value is -8.06. The SMILES string of the molecule is C=C1N[C@@H]([C@@H](C)CC)C(=O)N[C@@H](CCC(N)=O)C(=O)N[C@@H](CC(N)=O)C(=O)N[C@H](C(=O)N(C)CC(=O)N[C@@H](Cc2cnc[nH]2)C(=O)NCC(N)=O)CCC(=O)NCC(=O)N[C@H]1Cc1ccc(O)cc1. The van der Waals surface area contributed by atoms with Crippen LogP contribution in [-0.4, -0.2) is 148 Å². The average Bonchev–Trinajstić information content (AvgIpc) is 3.81. The number of phenols is 1. The molecule has 1 saturated heterocycles. The normalized spacial score (nSPS) is 20.7. The minimum absolute atomic E-state index is 0.0142. The van der Waals surface area contributed by atoms with E-state index in [2.05, 4.69) is 59.1 Å². The van der Waals surface area contributed by atoms with Crippen molar-refractivity contribution in [2.24, 2.45) is 23.1 Å². The van der Waals surface area contributed by atoms with Crippen LogP contribution in [0.25, 0.3) is 0 Å². The van der Waals surface area contributed by atoms with Gasteiger partial charge < -0.3 is 74.7 Å². The zero-order valence-electron chi connectivity index (χ0n) is 38.6. The van der Waals surface area contributed by atoms with Crippen molar-refractivity contribution < 1.29 is 57.8 Å². The number of hydrogen-bond acceptors (Lipinski definition) is 14. The zero-order valence-corrected chi connectivity index (χ0v) is 38.6. The number of aromatic amines is 1. The van der Waals surface area contributed by atoms with E-state index in [-0.39, 0.29) is 30.7 Å². The molecule has 16 N–H and O–H groups in total. The summed E-state index contributed by atoms with van der Waals surface area (Å²) in [5.74, 6) is -10.3. The second-order valence-corrected chi connectivity index (χ2v) is 16.5. The minimum atomic E-state index is -1.80. The van der Waals surface area contributed by atoms with Crippen molar-refractivity contribution in [3.8, 4) is 5.75 Å². The van der Waals surface area contributed by atoms with E-state index in [4.69, 9.17) is 17.2 Å². The van der Waals surface area contributed by atoms with E-state index in [1.165, 1.54) is 31.7 Å². The summed E-state index contributed by atoms with van der Waals surface area (Å²) in [5.41, 5.74) is 17.2. The number of phenolic OH excluding ortho intramolecular Hbond substituents is 1. The molecule has 0 saturated carbocycles. The molecule has 69 heavy (non-hydrogen) atoms. The lowest BCUT2D eigenvalue weighted by atomic mass is 9.95. The molecule has 1 aromatic heterocycles. The lowest BCUT2D eigenvalue weighted by molar-refractivity contribution is -0.140. The van der Waals surface area contributed by atoms with Gasteiger partial charge in [-0.05, 0) is 42.9 Å². The fourth-order valence-electron chi connectivity index (χ4n) is 6.87. The molecule has 1 aliphatic heterocycles. The maximum atomic E-state index is 14.1. The van der Waals surface area contributed by atoms with Crippen LogP contribution in [0.5, 0.6) is 5.75 Å². The second kappa shape index (κ2) is 26.9. The highest BCUT2D eigenvalue weighted by atomic mass is 16.3. The molecule has 376 valence electrons. The quantitative estimate of drug-likeness (QED) is 0.0666. The van der Waals surface area contributed by atoms with Crippen LogP contribution in [0, 0.1) is 5.92 Å². The first-order valence-corrected chi connectivity index (χ1v) is 21.9. The molecule has 1 aromatic carbocycles. The van der Waals surface area contributed by atoms with Gasteiger partial charge in [-0.1, -0.05) is 39.0 Å². The van der Waals surface area contributed by atoms with E-state index in [1.54, 1.807) is 26.0 Å². The summed E-state index contributed by atoms with van der Waals surface area (Å²) in [6.07, 6.45) is 0.506. The molecule has 0 spiro atoms. The molecular formula is C43H62N14O12. The van der Waals surface area contributed by atoms with E-state index in [1.807, 2.05) is 0 Å². The Bertz CT molecular complexity index is 2200. The molecule has 7 atom stereocenters. The standard InChI is InChI=1S/C43H62N14O12/c1-5-22(2)38-42(68)54-27(10-12-32(44)59)40(66)56-31(16-33(45)60)41(67)55-28(11-13-35(62)48-19-36(63)52-29(23(3)51-38)14-24-6-8-26(58)9-7-24)43(69)57(4)20-37(64)53-30(15-25-17-47-21-50-25)39(65)49-18-34(46)61/h6-9,17,21-22,27-31,38,51,58H,3,5,10-16,18-20H2,1-2,4H3,(H2,44,59)(H2,45,60)(H2,46,61)(H,47,50)(H,48,62)(H,49,65)(H,52,63)(H,53,64)(H,54,68)(H,55,67)(H,56,66)/t22-,27-,28-,29-,30-,31-,38-/m0/s1. The molecule has 11 amide bonds. The Morgan fingerprint density at radius 3 is 2.14 bits per heavy atom. The van der Waals surface area contributed by atoms with Crippen LogP contribution in [0.15, 0.2) is 49.1 Å². The molecule has 0 unspecified atom stereocenters. The van der Waals surface area contributed by atoms with Crippen molar-refractivity contribution in [2.75, 3.05) is 26.7 Å². The summed E-state index contributed by atoms with van der Waals surface area (Å²) in [7, 11) is 1.17. The molecule has 2 heterocycles. The van der Waals surface area contributed by atoms with Crippen molar-refractivity contribution in [1.29, 1.82) is 0 Å². The van der Waals surface area contributed by atoms with Crippen LogP contribution in [0.2, 0.25) is 0 Å². The number of nitrogens with one attached hydrogen (secondary N) is 9. The van der Waals surface area contributed by atoms with Gasteiger partial charge in [-0.2, -0.15) is 0 Å². The summed E-state index contributed by atoms with van der Waals surface area (Å²) in [5, 5.41) is 30.2. The van der Waals surface area contributed by atoms with Crippen molar-refractivity contribution in [2.45, 2.75) is 101 Å². The van der Waals surface area contributed by atoms with Gasteiger partial charge >= 0.3 is 0 Å². The number of hydrogen-bond donors (Lipinski definition) is 13. The maximum Gasteiger partial charge on any atom is 0.245 e. The summed E-state index contributed by atoms with van der Waals surface area (Å²) in [6, 6.07) is -2.27. The van der Waals surface area contributed by atoms with Gasteiger partial charge in [-0.25, -0.2) is 4.98 Å². The Balaban J connectivity index is 2.00. The number of likely N-dealkylation sites (N-methyl/N-ethyl adjacent to an activating group) is 1. The van der Waals surface area contributed by atoms with E-state index in [9.17, 15) is 57.8 Å². The predicted molar refractivity (Wildman–Crippen MR) is 244 cm³/mol. The van der Waals surface area contributed by atoms with Crippen molar-refractivity contribution >= 4 is 65.0 Å². The highest BCUT2D eigenvalue weighted by Crippen LogP contribution is 2.17. The highest BCUT2D eigenvalue weighted by molar-refractivity contribution is 5.98. The van der Waals surface area contributed by atoms with Gasteiger partial charge in [0.25, 0.3) is 0 Å². The number of H-pyrrole nitrogens is 1. The van der Waals surface area contributed by atoms with Gasteiger partial charge in [-0.3, -0.25) is 52.7 Å². The number of amides is 11. The monoisotopic (exact) mass is 966 g/mol. The maximum absolute atomic E-state index is 14.1. The number of carbonyl (C=O) groups excluding carboxylic acids is 11. The Morgan fingerprint density at radius 1 is 0.870 bits per heavy atom. The van der Waals surface area contributed by atoms with Crippen LogP contribution in [-0.2, 0) is 65.6 Å². The van der Waals surface area contributed by atoms with Gasteiger partial charge in [0.15, 0.2) is 0 Å². The van der Waals surface area contributed by atoms with Gasteiger partial charge in [0.1, 0.15) is 36.0 Å². The lowest BCUT2D eigenvalue weighted by Gasteiger charge is -2.31. The first-order valence-electron chi connectivity index (χ1n) is 21.9. The van der Waals surface area contributed by atoms with Gasteiger partial charge in [-0.15, -0.1) is 0 Å². The number of rotatable bonds is 18. The molecular weight excluding hydrogens is 905 g/mol. The molecule has 1 fully saturated rings. The van der Waals surface area contributed by atoms with Gasteiger partial charge in [0, 0.05) is 43.9 Å². The van der Waals surface area contributed by atoms with Crippen LogP contribution in [0.4, 0.5) is 0 Å². The third kappa shape index (κ3) is 19.0. The summed E-state index contributed by atoms with van der Waals surface area (Å²) >= 11 is 0. The van der Waals surface area contributed by atoms with Crippen LogP contribution < -0.4 is 59.7 Å². The first kappa shape index (κ1) is 55.3. The van der Waals surface area contributed by atoms with E-state index < -0.39 is 152 Å². The second-order valence-electron chi connectivity index (χ2n) is 16.5. The predicted octanol–water partition coefficient (Wildman–Crippen LogP) is -5.05. The summed E-state index contributed by atoms with van der Waals surface area (Å²) < 4.78 is 0. The molecule has 2 aromatic rings. The molecule has 0 aliphatic carbocycles. The van der Waals surface area contributed by atoms with E-state index in [0.29, 0.717) is 17.7 Å². The van der Waals surface area contributed by atoms with E-state index >= 15 is 0 Å². The van der Waals surface area contributed by atoms with Crippen LogP contribution in [0.3, 0.4) is 0 Å². The van der Waals surface area contributed by atoms with E-state index in [0.717, 1.165) is 4.90 Å². The van der Waals surface area contributed by atoms with Gasteiger partial charge in [0.2, 0.25) is 65.0 Å². The summed E-state index contributed by atoms with van der Waals surface area (Å²) in [4.78, 5) is 152. The largest absolute Gasteiger partial charge is 0.508 e. The number of primary amides is 3. The third-order valence-electron chi connectivity index (χ3n) is 10.9. The molecule has 26 heteroatoms. The fourth-order valence-corrected chi connectivity index (χ4v) is 6.87. The third-order valence-corrected chi connectivity index (χ3v) is 10.9. The van der Waals surface area contributed by atoms with Crippen LogP contribution >= 0.6 is 0 Å². The van der Waals surface area contributed by atoms with Crippen LogP contribution in [0.1, 0.15) is 63.6 Å². The van der Waals surface area contributed by atoms with Crippen molar-refractivity contribution in [3.63, 3.8) is 0 Å². The molecule has 1 aliphatic rings.